The van der Waals surface area contributed by atoms with Gasteiger partial charge in [0.1, 0.15) is 11.4 Å². The van der Waals surface area contributed by atoms with Crippen molar-refractivity contribution in [2.24, 2.45) is 0 Å². The maximum absolute atomic E-state index is 12.0. The Labute approximate surface area is 174 Å². The number of para-hydroxylation sites is 2. The van der Waals surface area contributed by atoms with E-state index in [1.807, 2.05) is 0 Å². The van der Waals surface area contributed by atoms with Gasteiger partial charge in [-0.1, -0.05) is 35.5 Å². The average molecular weight is 435 g/mol. The molecule has 0 spiro atoms. The molecular weight excluding hydrogens is 420 g/mol. The van der Waals surface area contributed by atoms with Crippen molar-refractivity contribution in [3.05, 3.63) is 69.6 Å². The number of aromatic nitrogens is 2. The lowest BCUT2D eigenvalue weighted by molar-refractivity contribution is -0.383. The van der Waals surface area contributed by atoms with Gasteiger partial charge in [0.25, 0.3) is 16.8 Å². The molecule has 0 saturated carbocycles. The minimum Gasteiger partial charge on any atom is -0.484 e. The van der Waals surface area contributed by atoms with Gasteiger partial charge < -0.3 is 14.5 Å². The number of benzene rings is 2. The van der Waals surface area contributed by atoms with E-state index in [0.717, 1.165) is 0 Å². The SMILES string of the molecule is O=C(CCSc1nnc(COc2ccc(Cl)cc2)o1)Nc1ccccc1[N+](=O)[O-]. The number of thioether (sulfide) groups is 1. The fourth-order valence-corrected chi connectivity index (χ4v) is 3.05. The Morgan fingerprint density at radius 2 is 1.97 bits per heavy atom. The predicted octanol–water partition coefficient (Wildman–Crippen LogP) is 4.33. The minimum absolute atomic E-state index is 0.105. The highest BCUT2D eigenvalue weighted by atomic mass is 35.5. The summed E-state index contributed by atoms with van der Waals surface area (Å²) in [5.41, 5.74) is 0.00246. The maximum Gasteiger partial charge on any atom is 0.292 e. The molecule has 0 fully saturated rings. The van der Waals surface area contributed by atoms with Gasteiger partial charge in [-0.05, 0) is 30.3 Å². The van der Waals surface area contributed by atoms with Crippen molar-refractivity contribution in [1.29, 1.82) is 0 Å². The van der Waals surface area contributed by atoms with Crippen LogP contribution in [0.25, 0.3) is 0 Å². The van der Waals surface area contributed by atoms with Gasteiger partial charge in [0, 0.05) is 23.3 Å². The van der Waals surface area contributed by atoms with Crippen molar-refractivity contribution in [2.75, 3.05) is 11.1 Å². The summed E-state index contributed by atoms with van der Waals surface area (Å²) in [6, 6.07) is 12.8. The molecule has 9 nitrogen and oxygen atoms in total. The molecule has 1 amide bonds. The second-order valence-electron chi connectivity index (χ2n) is 5.63. The van der Waals surface area contributed by atoms with Crippen molar-refractivity contribution in [3.8, 4) is 5.75 Å². The number of carbonyl (C=O) groups is 1. The van der Waals surface area contributed by atoms with Crippen molar-refractivity contribution >= 4 is 40.6 Å². The summed E-state index contributed by atoms with van der Waals surface area (Å²) in [5, 5.41) is 22.2. The van der Waals surface area contributed by atoms with Gasteiger partial charge in [-0.15, -0.1) is 10.2 Å². The second-order valence-corrected chi connectivity index (χ2v) is 7.11. The molecule has 1 heterocycles. The van der Waals surface area contributed by atoms with Crippen molar-refractivity contribution in [3.63, 3.8) is 0 Å². The number of anilines is 1. The Bertz CT molecular complexity index is 996. The van der Waals surface area contributed by atoms with Crippen LogP contribution in [-0.2, 0) is 11.4 Å². The minimum atomic E-state index is -0.545. The molecule has 150 valence electrons. The van der Waals surface area contributed by atoms with Crippen molar-refractivity contribution < 1.29 is 18.9 Å². The smallest absolute Gasteiger partial charge is 0.292 e. The van der Waals surface area contributed by atoms with Crippen LogP contribution in [0.3, 0.4) is 0 Å². The van der Waals surface area contributed by atoms with Gasteiger partial charge in [0.05, 0.1) is 4.92 Å². The highest BCUT2D eigenvalue weighted by molar-refractivity contribution is 7.99. The molecule has 0 bridgehead atoms. The molecule has 1 aromatic heterocycles. The first-order valence-electron chi connectivity index (χ1n) is 8.38. The van der Waals surface area contributed by atoms with Crippen LogP contribution in [0, 0.1) is 10.1 Å². The number of carbonyl (C=O) groups excluding carboxylic acids is 1. The third-order valence-corrected chi connectivity index (χ3v) is 4.63. The molecule has 0 aliphatic carbocycles. The van der Waals surface area contributed by atoms with Gasteiger partial charge in [0.15, 0.2) is 6.61 Å². The number of amides is 1. The highest BCUT2D eigenvalue weighted by Gasteiger charge is 2.15. The molecule has 0 atom stereocenters. The summed E-state index contributed by atoms with van der Waals surface area (Å²) in [7, 11) is 0. The molecule has 0 saturated heterocycles. The van der Waals surface area contributed by atoms with Gasteiger partial charge in [-0.25, -0.2) is 0 Å². The summed E-state index contributed by atoms with van der Waals surface area (Å²) >= 11 is 7.02. The molecule has 0 radical (unpaired) electrons. The molecule has 0 aliphatic heterocycles. The van der Waals surface area contributed by atoms with Gasteiger partial charge in [-0.3, -0.25) is 14.9 Å². The van der Waals surface area contributed by atoms with Crippen LogP contribution in [0.4, 0.5) is 11.4 Å². The third kappa shape index (κ3) is 6.19. The maximum atomic E-state index is 12.0. The Kier molecular flexibility index (Phi) is 7.04. The summed E-state index contributed by atoms with van der Waals surface area (Å²) in [6.07, 6.45) is 0.121. The van der Waals surface area contributed by atoms with Crippen LogP contribution in [-0.4, -0.2) is 26.8 Å². The topological polar surface area (TPSA) is 120 Å². The molecule has 11 heteroatoms. The van der Waals surface area contributed by atoms with Crippen molar-refractivity contribution in [1.82, 2.24) is 10.2 Å². The lowest BCUT2D eigenvalue weighted by Gasteiger charge is -2.05. The predicted molar refractivity (Wildman–Crippen MR) is 107 cm³/mol. The Morgan fingerprint density at radius 3 is 2.72 bits per heavy atom. The van der Waals surface area contributed by atoms with E-state index in [1.54, 1.807) is 30.3 Å². The Morgan fingerprint density at radius 1 is 1.21 bits per heavy atom. The lowest BCUT2D eigenvalue weighted by Crippen LogP contribution is -2.13. The lowest BCUT2D eigenvalue weighted by atomic mass is 10.2. The Hall–Kier alpha value is -3.11. The third-order valence-electron chi connectivity index (χ3n) is 3.55. The molecule has 0 aliphatic rings. The van der Waals surface area contributed by atoms with Crippen molar-refractivity contribution in [2.45, 2.75) is 18.3 Å². The molecule has 3 aromatic rings. The summed E-state index contributed by atoms with van der Waals surface area (Å²) in [6.45, 7) is 0.105. The van der Waals surface area contributed by atoms with Gasteiger partial charge >= 0.3 is 0 Å². The number of ether oxygens (including phenoxy) is 1. The number of nitro groups is 1. The van der Waals surface area contributed by atoms with E-state index < -0.39 is 4.92 Å². The summed E-state index contributed by atoms with van der Waals surface area (Å²) in [4.78, 5) is 22.4. The second kappa shape index (κ2) is 9.89. The largest absolute Gasteiger partial charge is 0.484 e. The van der Waals surface area contributed by atoms with E-state index in [4.69, 9.17) is 20.8 Å². The zero-order valence-corrected chi connectivity index (χ0v) is 16.5. The molecule has 29 heavy (non-hydrogen) atoms. The van der Waals surface area contributed by atoms with Crippen LogP contribution >= 0.6 is 23.4 Å². The number of nitro benzene ring substituents is 1. The molecule has 1 N–H and O–H groups in total. The van der Waals surface area contributed by atoms with Crippen LogP contribution in [0.2, 0.25) is 5.02 Å². The fraction of sp³-hybridized carbons (Fsp3) is 0.167. The molecule has 2 aromatic carbocycles. The number of nitrogens with zero attached hydrogens (tertiary/aromatic N) is 3. The Balaban J connectivity index is 1.43. The molecule has 0 unspecified atom stereocenters. The van der Waals surface area contributed by atoms with Gasteiger partial charge in [-0.2, -0.15) is 0 Å². The zero-order chi connectivity index (χ0) is 20.6. The first-order valence-corrected chi connectivity index (χ1v) is 9.74. The summed E-state index contributed by atoms with van der Waals surface area (Å²) in [5.74, 6) is 0.935. The van der Waals surface area contributed by atoms with E-state index >= 15 is 0 Å². The van der Waals surface area contributed by atoms with Crippen LogP contribution in [0.15, 0.2) is 58.2 Å². The number of hydrogen-bond donors (Lipinski definition) is 1. The zero-order valence-electron chi connectivity index (χ0n) is 14.9. The number of rotatable bonds is 9. The molecular formula is C18H15ClN4O5S. The number of hydrogen-bond acceptors (Lipinski definition) is 8. The fourth-order valence-electron chi connectivity index (χ4n) is 2.21. The average Bonchev–Trinajstić information content (AvgIpc) is 3.15. The van der Waals surface area contributed by atoms with Crippen LogP contribution < -0.4 is 10.1 Å². The summed E-state index contributed by atoms with van der Waals surface area (Å²) < 4.78 is 11.0. The quantitative estimate of drug-likeness (QED) is 0.300. The van der Waals surface area contributed by atoms with E-state index in [9.17, 15) is 14.9 Å². The van der Waals surface area contributed by atoms with Crippen LogP contribution in [0.1, 0.15) is 12.3 Å². The van der Waals surface area contributed by atoms with E-state index in [-0.39, 0.29) is 30.3 Å². The first kappa shape index (κ1) is 20.6. The number of nitrogens with one attached hydrogen (secondary N) is 1. The standard InChI is InChI=1S/C18H15ClN4O5S/c19-12-5-7-13(8-6-12)27-11-17-21-22-18(28-17)29-10-9-16(24)20-14-3-1-2-4-15(14)23(25)26/h1-8H,9-11H2,(H,20,24). The first-order chi connectivity index (χ1) is 14.0. The highest BCUT2D eigenvalue weighted by Crippen LogP contribution is 2.24. The number of halogens is 1. The van der Waals surface area contributed by atoms with E-state index in [2.05, 4.69) is 15.5 Å². The van der Waals surface area contributed by atoms with Gasteiger partial charge in [0.2, 0.25) is 5.91 Å². The van der Waals surface area contributed by atoms with Crippen LogP contribution in [0.5, 0.6) is 5.75 Å². The van der Waals surface area contributed by atoms with E-state index in [0.29, 0.717) is 27.6 Å². The van der Waals surface area contributed by atoms with E-state index in [1.165, 1.54) is 30.0 Å². The molecule has 3 rings (SSSR count). The monoisotopic (exact) mass is 434 g/mol. The normalized spacial score (nSPS) is 10.5.